The van der Waals surface area contributed by atoms with Gasteiger partial charge in [0.15, 0.2) is 0 Å². The molecule has 0 spiro atoms. The maximum absolute atomic E-state index is 11.8. The van der Waals surface area contributed by atoms with Gasteiger partial charge >= 0.3 is 5.97 Å². The van der Waals surface area contributed by atoms with E-state index in [1.165, 1.54) is 0 Å². The van der Waals surface area contributed by atoms with Crippen molar-refractivity contribution in [1.29, 1.82) is 0 Å². The fourth-order valence-electron chi connectivity index (χ4n) is 2.35. The highest BCUT2D eigenvalue weighted by atomic mass is 16.4. The molecule has 2 aromatic rings. The van der Waals surface area contributed by atoms with E-state index >= 15 is 0 Å². The summed E-state index contributed by atoms with van der Waals surface area (Å²) in [5.74, 6) is -0.845. The number of carboxylic acids is 1. The van der Waals surface area contributed by atoms with Gasteiger partial charge in [-0.25, -0.2) is 4.79 Å². The molecule has 0 heterocycles. The zero-order chi connectivity index (χ0) is 14.4. The molecule has 0 amide bonds. The van der Waals surface area contributed by atoms with Gasteiger partial charge in [0.05, 0.1) is 0 Å². The number of rotatable bonds is 6. The molecule has 0 saturated carbocycles. The van der Waals surface area contributed by atoms with Crippen molar-refractivity contribution in [2.75, 3.05) is 0 Å². The summed E-state index contributed by atoms with van der Waals surface area (Å²) in [6, 6.07) is 19.2. The highest BCUT2D eigenvalue weighted by Crippen LogP contribution is 2.26. The molecular weight excluding hydrogens is 250 g/mol. The van der Waals surface area contributed by atoms with Gasteiger partial charge < -0.3 is 5.11 Å². The standard InChI is InChI=1S/C17H19NO2/c1-2-17(16(19)20,15-11-7-4-8-12-15)18-13-14-9-5-3-6-10-14/h3-12,18H,2,13H2,1H3,(H,19,20). The van der Waals surface area contributed by atoms with Gasteiger partial charge in [-0.3, -0.25) is 5.32 Å². The summed E-state index contributed by atoms with van der Waals surface area (Å²) in [6.07, 6.45) is 0.485. The monoisotopic (exact) mass is 269 g/mol. The molecule has 0 fully saturated rings. The summed E-state index contributed by atoms with van der Waals surface area (Å²) < 4.78 is 0. The van der Waals surface area contributed by atoms with Crippen molar-refractivity contribution in [1.82, 2.24) is 5.32 Å². The quantitative estimate of drug-likeness (QED) is 0.847. The summed E-state index contributed by atoms with van der Waals surface area (Å²) in [7, 11) is 0. The Kier molecular flexibility index (Phi) is 4.53. The Hall–Kier alpha value is -2.13. The zero-order valence-electron chi connectivity index (χ0n) is 11.5. The van der Waals surface area contributed by atoms with Gasteiger partial charge in [0, 0.05) is 6.54 Å². The highest BCUT2D eigenvalue weighted by molar-refractivity contribution is 5.80. The van der Waals surface area contributed by atoms with Gasteiger partial charge in [-0.15, -0.1) is 0 Å². The lowest BCUT2D eigenvalue weighted by Gasteiger charge is -2.30. The maximum Gasteiger partial charge on any atom is 0.328 e. The number of hydrogen-bond donors (Lipinski definition) is 2. The molecule has 3 heteroatoms. The number of benzene rings is 2. The first kappa shape index (κ1) is 14.3. The average Bonchev–Trinajstić information content (AvgIpc) is 2.50. The van der Waals surface area contributed by atoms with Crippen molar-refractivity contribution in [3.8, 4) is 0 Å². The second-order valence-corrected chi connectivity index (χ2v) is 4.77. The molecule has 0 radical (unpaired) electrons. The Morgan fingerprint density at radius 1 is 1.05 bits per heavy atom. The predicted octanol–water partition coefficient (Wildman–Crippen LogP) is 3.17. The lowest BCUT2D eigenvalue weighted by Crippen LogP contribution is -2.48. The van der Waals surface area contributed by atoms with E-state index in [9.17, 15) is 9.90 Å². The minimum absolute atomic E-state index is 0.485. The van der Waals surface area contributed by atoms with Crippen LogP contribution in [0.15, 0.2) is 60.7 Å². The highest BCUT2D eigenvalue weighted by Gasteiger charge is 2.37. The number of carbonyl (C=O) groups is 1. The van der Waals surface area contributed by atoms with Crippen LogP contribution in [0, 0.1) is 0 Å². The van der Waals surface area contributed by atoms with Crippen LogP contribution in [0.2, 0.25) is 0 Å². The third-order valence-corrected chi connectivity index (χ3v) is 3.60. The Morgan fingerprint density at radius 2 is 1.60 bits per heavy atom. The summed E-state index contributed by atoms with van der Waals surface area (Å²) in [5.41, 5.74) is 0.810. The van der Waals surface area contributed by atoms with Gasteiger partial charge in [0.1, 0.15) is 5.54 Å². The van der Waals surface area contributed by atoms with Gasteiger partial charge in [-0.2, -0.15) is 0 Å². The molecule has 0 aliphatic carbocycles. The van der Waals surface area contributed by atoms with E-state index < -0.39 is 11.5 Å². The van der Waals surface area contributed by atoms with Crippen LogP contribution < -0.4 is 5.32 Å². The molecule has 2 N–H and O–H groups in total. The average molecular weight is 269 g/mol. The molecule has 0 saturated heterocycles. The molecule has 1 atom stereocenters. The summed E-state index contributed by atoms with van der Waals surface area (Å²) in [6.45, 7) is 2.41. The van der Waals surface area contributed by atoms with Crippen molar-refractivity contribution in [2.24, 2.45) is 0 Å². The van der Waals surface area contributed by atoms with Gasteiger partial charge in [0.2, 0.25) is 0 Å². The smallest absolute Gasteiger partial charge is 0.328 e. The van der Waals surface area contributed by atoms with E-state index in [0.29, 0.717) is 13.0 Å². The molecule has 0 aromatic heterocycles. The second kappa shape index (κ2) is 6.35. The van der Waals surface area contributed by atoms with Gasteiger partial charge in [-0.1, -0.05) is 67.6 Å². The van der Waals surface area contributed by atoms with Crippen molar-refractivity contribution >= 4 is 5.97 Å². The van der Waals surface area contributed by atoms with Crippen molar-refractivity contribution < 1.29 is 9.90 Å². The fourth-order valence-corrected chi connectivity index (χ4v) is 2.35. The van der Waals surface area contributed by atoms with Crippen LogP contribution in [-0.4, -0.2) is 11.1 Å². The maximum atomic E-state index is 11.8. The van der Waals surface area contributed by atoms with Crippen LogP contribution >= 0.6 is 0 Å². The van der Waals surface area contributed by atoms with Crippen molar-refractivity contribution in [3.63, 3.8) is 0 Å². The van der Waals surface area contributed by atoms with Crippen LogP contribution in [0.5, 0.6) is 0 Å². The molecule has 2 rings (SSSR count). The molecule has 20 heavy (non-hydrogen) atoms. The van der Waals surface area contributed by atoms with Crippen LogP contribution in [-0.2, 0) is 16.9 Å². The van der Waals surface area contributed by atoms with Crippen LogP contribution in [0.3, 0.4) is 0 Å². The van der Waals surface area contributed by atoms with E-state index in [0.717, 1.165) is 11.1 Å². The first-order valence-electron chi connectivity index (χ1n) is 6.77. The van der Waals surface area contributed by atoms with Crippen molar-refractivity contribution in [2.45, 2.75) is 25.4 Å². The van der Waals surface area contributed by atoms with Crippen LogP contribution in [0.1, 0.15) is 24.5 Å². The van der Waals surface area contributed by atoms with Gasteiger partial charge in [-0.05, 0) is 17.5 Å². The Labute approximate surface area is 119 Å². The summed E-state index contributed by atoms with van der Waals surface area (Å²) in [4.78, 5) is 11.8. The molecule has 0 aliphatic heterocycles. The van der Waals surface area contributed by atoms with E-state index in [1.807, 2.05) is 67.6 Å². The number of nitrogens with one attached hydrogen (secondary N) is 1. The molecule has 0 bridgehead atoms. The summed E-state index contributed by atoms with van der Waals surface area (Å²) >= 11 is 0. The van der Waals surface area contributed by atoms with E-state index in [1.54, 1.807) is 0 Å². The van der Waals surface area contributed by atoms with Crippen molar-refractivity contribution in [3.05, 3.63) is 71.8 Å². The zero-order valence-corrected chi connectivity index (χ0v) is 11.5. The Balaban J connectivity index is 2.26. The first-order chi connectivity index (χ1) is 9.69. The largest absolute Gasteiger partial charge is 0.480 e. The van der Waals surface area contributed by atoms with Crippen LogP contribution in [0.25, 0.3) is 0 Å². The third kappa shape index (κ3) is 2.89. The molecule has 2 aromatic carbocycles. The summed E-state index contributed by atoms with van der Waals surface area (Å²) in [5, 5.41) is 12.9. The molecule has 0 aliphatic rings. The van der Waals surface area contributed by atoms with Crippen LogP contribution in [0.4, 0.5) is 0 Å². The Bertz CT molecular complexity index is 554. The number of aliphatic carboxylic acids is 1. The van der Waals surface area contributed by atoms with E-state index in [-0.39, 0.29) is 0 Å². The lowest BCUT2D eigenvalue weighted by atomic mass is 9.87. The number of carboxylic acid groups (broad SMARTS) is 1. The molecule has 104 valence electrons. The Morgan fingerprint density at radius 3 is 2.10 bits per heavy atom. The lowest BCUT2D eigenvalue weighted by molar-refractivity contribution is -0.145. The fraction of sp³-hybridized carbons (Fsp3) is 0.235. The number of hydrogen-bond acceptors (Lipinski definition) is 2. The van der Waals surface area contributed by atoms with Gasteiger partial charge in [0.25, 0.3) is 0 Å². The predicted molar refractivity (Wildman–Crippen MR) is 79.3 cm³/mol. The first-order valence-corrected chi connectivity index (χ1v) is 6.77. The minimum Gasteiger partial charge on any atom is -0.480 e. The minimum atomic E-state index is -1.04. The molecule has 3 nitrogen and oxygen atoms in total. The second-order valence-electron chi connectivity index (χ2n) is 4.77. The normalized spacial score (nSPS) is 13.7. The van der Waals surface area contributed by atoms with E-state index in [2.05, 4.69) is 5.32 Å². The molecular formula is C17H19NO2. The van der Waals surface area contributed by atoms with E-state index in [4.69, 9.17) is 0 Å². The molecule has 1 unspecified atom stereocenters. The topological polar surface area (TPSA) is 49.3 Å². The SMILES string of the molecule is CCC(NCc1ccccc1)(C(=O)O)c1ccccc1. The third-order valence-electron chi connectivity index (χ3n) is 3.60.